The van der Waals surface area contributed by atoms with Crippen LogP contribution in [0.25, 0.3) is 0 Å². The van der Waals surface area contributed by atoms with E-state index in [4.69, 9.17) is 10.8 Å². The molecular formula is C22H24N4O5. The van der Waals surface area contributed by atoms with Crippen molar-refractivity contribution < 1.29 is 24.3 Å². The molecule has 0 saturated carbocycles. The van der Waals surface area contributed by atoms with Gasteiger partial charge >= 0.3 is 5.97 Å². The Hall–Kier alpha value is -3.88. The molecule has 2 unspecified atom stereocenters. The van der Waals surface area contributed by atoms with Crippen molar-refractivity contribution in [2.75, 3.05) is 17.6 Å². The van der Waals surface area contributed by atoms with Crippen molar-refractivity contribution in [3.63, 3.8) is 0 Å². The van der Waals surface area contributed by atoms with Crippen LogP contribution in [0.1, 0.15) is 29.3 Å². The maximum atomic E-state index is 13.3. The van der Waals surface area contributed by atoms with Crippen LogP contribution in [0.2, 0.25) is 0 Å². The lowest BCUT2D eigenvalue weighted by Gasteiger charge is -2.28. The van der Waals surface area contributed by atoms with E-state index in [-0.39, 0.29) is 18.4 Å². The van der Waals surface area contributed by atoms with Gasteiger partial charge in [-0.05, 0) is 30.7 Å². The van der Waals surface area contributed by atoms with E-state index in [1.165, 1.54) is 11.0 Å². The molecule has 3 rings (SSSR count). The van der Waals surface area contributed by atoms with E-state index < -0.39 is 42.3 Å². The normalized spacial score (nSPS) is 16.7. The first-order chi connectivity index (χ1) is 14.7. The number of carboxylic acids is 1. The molecule has 2 atom stereocenters. The summed E-state index contributed by atoms with van der Waals surface area (Å²) < 4.78 is 0. The molecule has 162 valence electrons. The number of rotatable bonds is 7. The van der Waals surface area contributed by atoms with Crippen molar-refractivity contribution in [1.82, 2.24) is 10.2 Å². The maximum Gasteiger partial charge on any atom is 0.305 e. The van der Waals surface area contributed by atoms with Gasteiger partial charge in [0.25, 0.3) is 5.91 Å². The summed E-state index contributed by atoms with van der Waals surface area (Å²) in [4.78, 5) is 51.0. The lowest BCUT2D eigenvalue weighted by Crippen LogP contribution is -2.51. The third kappa shape index (κ3) is 5.39. The first-order valence-corrected chi connectivity index (χ1v) is 9.81. The first-order valence-electron chi connectivity index (χ1n) is 9.81. The molecule has 0 saturated heterocycles. The van der Waals surface area contributed by atoms with Crippen LogP contribution in [0, 0.1) is 0 Å². The molecule has 0 spiro atoms. The second-order valence-electron chi connectivity index (χ2n) is 7.50. The van der Waals surface area contributed by atoms with Crippen LogP contribution >= 0.6 is 0 Å². The minimum Gasteiger partial charge on any atom is -0.481 e. The minimum absolute atomic E-state index is 0.190. The Morgan fingerprint density at radius 1 is 1.19 bits per heavy atom. The number of hydrogen-bond acceptors (Lipinski definition) is 5. The fraction of sp³-hybridized carbons (Fsp3) is 0.273. The molecule has 9 nitrogen and oxygen atoms in total. The molecular weight excluding hydrogens is 400 g/mol. The molecule has 0 bridgehead atoms. The van der Waals surface area contributed by atoms with Crippen molar-refractivity contribution in [3.8, 4) is 0 Å². The molecule has 5 N–H and O–H groups in total. The summed E-state index contributed by atoms with van der Waals surface area (Å²) in [5, 5.41) is 14.2. The van der Waals surface area contributed by atoms with Gasteiger partial charge < -0.3 is 26.4 Å². The molecule has 1 heterocycles. The summed E-state index contributed by atoms with van der Waals surface area (Å²) >= 11 is 0. The molecule has 1 aliphatic rings. The highest BCUT2D eigenvalue weighted by Gasteiger charge is 2.36. The number of nitrogens with two attached hydrogens (primary N) is 1. The summed E-state index contributed by atoms with van der Waals surface area (Å²) in [6, 6.07) is 12.2. The smallest absolute Gasteiger partial charge is 0.305 e. The van der Waals surface area contributed by atoms with Gasteiger partial charge in [0.2, 0.25) is 11.8 Å². The van der Waals surface area contributed by atoms with Crippen LogP contribution < -0.4 is 16.4 Å². The molecule has 2 aromatic carbocycles. The third-order valence-electron chi connectivity index (χ3n) is 4.95. The fourth-order valence-electron chi connectivity index (χ4n) is 3.51. The van der Waals surface area contributed by atoms with Crippen molar-refractivity contribution in [2.45, 2.75) is 31.8 Å². The number of hydrogen-bond donors (Lipinski definition) is 4. The summed E-state index contributed by atoms with van der Waals surface area (Å²) in [5.41, 5.74) is 7.52. The average molecular weight is 424 g/mol. The maximum absolute atomic E-state index is 13.3. The van der Waals surface area contributed by atoms with Gasteiger partial charge in [-0.1, -0.05) is 30.3 Å². The van der Waals surface area contributed by atoms with E-state index in [1.807, 2.05) is 30.3 Å². The van der Waals surface area contributed by atoms with E-state index in [9.17, 15) is 19.2 Å². The Morgan fingerprint density at radius 3 is 2.58 bits per heavy atom. The Balaban J connectivity index is 1.91. The van der Waals surface area contributed by atoms with Crippen molar-refractivity contribution in [3.05, 3.63) is 59.7 Å². The molecule has 0 fully saturated rings. The van der Waals surface area contributed by atoms with E-state index in [2.05, 4.69) is 10.6 Å². The highest BCUT2D eigenvalue weighted by Crippen LogP contribution is 2.26. The van der Waals surface area contributed by atoms with Gasteiger partial charge in [0.15, 0.2) is 0 Å². The lowest BCUT2D eigenvalue weighted by atomic mass is 10.0. The molecule has 0 aromatic heterocycles. The first kappa shape index (κ1) is 21.8. The highest BCUT2D eigenvalue weighted by molar-refractivity contribution is 6.11. The molecule has 1 aliphatic heterocycles. The summed E-state index contributed by atoms with van der Waals surface area (Å²) in [6.45, 7) is 1.16. The number of carbonyl (C=O) groups is 4. The number of carboxylic acid groups (broad SMARTS) is 1. The van der Waals surface area contributed by atoms with E-state index in [1.54, 1.807) is 19.1 Å². The quantitative estimate of drug-likeness (QED) is 0.493. The Labute approximate surface area is 179 Å². The number of anilines is 2. The zero-order valence-electron chi connectivity index (χ0n) is 17.0. The molecule has 2 aromatic rings. The standard InChI is InChI=1S/C22H24N4O5/c1-13(9-20(28)29)24-19(27)12-26-18(10-14-5-3-2-4-6-14)21(30)25-17-8-7-15(23)11-16(17)22(26)31/h2-8,11,13,18H,9-10,12,23H2,1H3,(H,24,27)(H,25,30)(H,28,29). The third-order valence-corrected chi connectivity index (χ3v) is 4.95. The molecule has 0 radical (unpaired) electrons. The topological polar surface area (TPSA) is 142 Å². The number of nitrogens with zero attached hydrogens (tertiary/aromatic N) is 1. The number of nitrogens with one attached hydrogen (secondary N) is 2. The minimum atomic E-state index is -1.05. The summed E-state index contributed by atoms with van der Waals surface area (Å²) in [6.07, 6.45) is -0.0488. The molecule has 3 amide bonds. The average Bonchev–Trinajstić information content (AvgIpc) is 2.79. The number of fused-ring (bicyclic) bond motifs is 1. The lowest BCUT2D eigenvalue weighted by molar-refractivity contribution is -0.137. The van der Waals surface area contributed by atoms with Gasteiger partial charge in [-0.25, -0.2) is 0 Å². The fourth-order valence-corrected chi connectivity index (χ4v) is 3.51. The number of nitrogen functional groups attached to an aromatic ring is 1. The van der Waals surface area contributed by atoms with E-state index in [0.717, 1.165) is 5.56 Å². The second kappa shape index (κ2) is 9.29. The largest absolute Gasteiger partial charge is 0.481 e. The van der Waals surface area contributed by atoms with Crippen LogP contribution in [0.4, 0.5) is 11.4 Å². The van der Waals surface area contributed by atoms with Crippen LogP contribution in [-0.2, 0) is 20.8 Å². The van der Waals surface area contributed by atoms with Gasteiger partial charge in [-0.2, -0.15) is 0 Å². The van der Waals surface area contributed by atoms with E-state index >= 15 is 0 Å². The van der Waals surface area contributed by atoms with Crippen molar-refractivity contribution in [2.24, 2.45) is 0 Å². The Bertz CT molecular complexity index is 1010. The second-order valence-corrected chi connectivity index (χ2v) is 7.50. The van der Waals surface area contributed by atoms with Gasteiger partial charge in [0.05, 0.1) is 17.7 Å². The van der Waals surface area contributed by atoms with Crippen LogP contribution in [0.3, 0.4) is 0 Å². The number of aliphatic carboxylic acids is 1. The number of carbonyl (C=O) groups excluding carboxylic acids is 3. The van der Waals surface area contributed by atoms with Gasteiger partial charge in [0, 0.05) is 18.2 Å². The van der Waals surface area contributed by atoms with Crippen molar-refractivity contribution >= 4 is 35.1 Å². The monoisotopic (exact) mass is 424 g/mol. The van der Waals surface area contributed by atoms with Gasteiger partial charge in [-0.15, -0.1) is 0 Å². The molecule has 31 heavy (non-hydrogen) atoms. The van der Waals surface area contributed by atoms with E-state index in [0.29, 0.717) is 11.4 Å². The number of amides is 3. The summed E-state index contributed by atoms with van der Waals surface area (Å²) in [5.74, 6) is -2.54. The Kier molecular flexibility index (Phi) is 6.54. The molecule has 0 aliphatic carbocycles. The van der Waals surface area contributed by atoms with Crippen molar-refractivity contribution in [1.29, 1.82) is 0 Å². The highest BCUT2D eigenvalue weighted by atomic mass is 16.4. The predicted octanol–water partition coefficient (Wildman–Crippen LogP) is 1.25. The Morgan fingerprint density at radius 2 is 1.90 bits per heavy atom. The predicted molar refractivity (Wildman–Crippen MR) is 114 cm³/mol. The molecule has 9 heteroatoms. The van der Waals surface area contributed by atoms with Gasteiger partial charge in [-0.3, -0.25) is 19.2 Å². The zero-order chi connectivity index (χ0) is 22.5. The van der Waals surface area contributed by atoms with Gasteiger partial charge in [0.1, 0.15) is 12.6 Å². The van der Waals surface area contributed by atoms with Crippen LogP contribution in [0.15, 0.2) is 48.5 Å². The number of benzene rings is 2. The van der Waals surface area contributed by atoms with Crippen LogP contribution in [0.5, 0.6) is 0 Å². The zero-order valence-corrected chi connectivity index (χ0v) is 17.0. The summed E-state index contributed by atoms with van der Waals surface area (Å²) in [7, 11) is 0. The SMILES string of the molecule is CC(CC(=O)O)NC(=O)CN1C(=O)c2cc(N)ccc2NC(=O)C1Cc1ccccc1. The van der Waals surface area contributed by atoms with Crippen LogP contribution in [-0.4, -0.2) is 52.3 Å².